The van der Waals surface area contributed by atoms with Crippen molar-refractivity contribution in [1.82, 2.24) is 0 Å². The molecule has 1 aliphatic heterocycles. The van der Waals surface area contributed by atoms with Crippen LogP contribution in [0.1, 0.15) is 20.8 Å². The standard InChI is InChI=1S/C9H12O/c1-6-4-7-8(10-5-6)9(7,2)3/h4-5,8H,1-3H3. The van der Waals surface area contributed by atoms with Crippen molar-refractivity contribution in [3.8, 4) is 0 Å². The van der Waals surface area contributed by atoms with Gasteiger partial charge in [0.25, 0.3) is 0 Å². The maximum Gasteiger partial charge on any atom is 0.129 e. The third kappa shape index (κ3) is 0.578. The van der Waals surface area contributed by atoms with Crippen LogP contribution in [-0.4, -0.2) is 6.10 Å². The van der Waals surface area contributed by atoms with Gasteiger partial charge in [0, 0.05) is 5.41 Å². The molecule has 1 unspecified atom stereocenters. The van der Waals surface area contributed by atoms with Gasteiger partial charge in [0.05, 0.1) is 6.26 Å². The van der Waals surface area contributed by atoms with E-state index in [-0.39, 0.29) is 0 Å². The lowest BCUT2D eigenvalue weighted by Gasteiger charge is -2.02. The summed E-state index contributed by atoms with van der Waals surface area (Å²) >= 11 is 0. The van der Waals surface area contributed by atoms with Crippen molar-refractivity contribution in [2.75, 3.05) is 0 Å². The van der Waals surface area contributed by atoms with Gasteiger partial charge in [0.2, 0.25) is 0 Å². The fraction of sp³-hybridized carbons (Fsp3) is 0.556. The highest BCUT2D eigenvalue weighted by molar-refractivity contribution is 5.45. The summed E-state index contributed by atoms with van der Waals surface area (Å²) in [6.07, 6.45) is 4.47. The molecular weight excluding hydrogens is 124 g/mol. The smallest absolute Gasteiger partial charge is 0.129 e. The van der Waals surface area contributed by atoms with Crippen LogP contribution in [0.5, 0.6) is 0 Å². The molecule has 2 rings (SSSR count). The van der Waals surface area contributed by atoms with Crippen LogP contribution < -0.4 is 0 Å². The second kappa shape index (κ2) is 1.47. The fourth-order valence-electron chi connectivity index (χ4n) is 1.50. The highest BCUT2D eigenvalue weighted by atomic mass is 16.5. The minimum atomic E-state index is 0.314. The van der Waals surface area contributed by atoms with E-state index < -0.39 is 0 Å². The first kappa shape index (κ1) is 6.02. The molecule has 2 aliphatic rings. The monoisotopic (exact) mass is 136 g/mol. The van der Waals surface area contributed by atoms with E-state index in [0.717, 1.165) is 0 Å². The molecule has 0 N–H and O–H groups in total. The zero-order chi connectivity index (χ0) is 7.35. The third-order valence-electron chi connectivity index (χ3n) is 2.37. The lowest BCUT2D eigenvalue weighted by Crippen LogP contribution is -1.97. The minimum absolute atomic E-state index is 0.314. The molecule has 1 heterocycles. The third-order valence-corrected chi connectivity index (χ3v) is 2.37. The van der Waals surface area contributed by atoms with Crippen molar-refractivity contribution in [2.45, 2.75) is 26.9 Å². The number of hydrogen-bond acceptors (Lipinski definition) is 1. The van der Waals surface area contributed by atoms with Crippen molar-refractivity contribution in [3.05, 3.63) is 23.5 Å². The molecule has 0 saturated heterocycles. The summed E-state index contributed by atoms with van der Waals surface area (Å²) in [4.78, 5) is 0. The van der Waals surface area contributed by atoms with Crippen LogP contribution in [-0.2, 0) is 4.74 Å². The van der Waals surface area contributed by atoms with Crippen LogP contribution in [0.3, 0.4) is 0 Å². The largest absolute Gasteiger partial charge is 0.492 e. The SMILES string of the molecule is CC1=COC2C(=C1)C2(C)C. The van der Waals surface area contributed by atoms with Crippen LogP contribution in [0.4, 0.5) is 0 Å². The molecule has 0 spiro atoms. The number of allylic oxidation sites excluding steroid dienone is 2. The molecule has 1 fully saturated rings. The van der Waals surface area contributed by atoms with Gasteiger partial charge in [-0.15, -0.1) is 0 Å². The van der Waals surface area contributed by atoms with E-state index in [2.05, 4.69) is 26.8 Å². The summed E-state index contributed by atoms with van der Waals surface area (Å²) in [7, 11) is 0. The molecule has 0 amide bonds. The van der Waals surface area contributed by atoms with Gasteiger partial charge in [-0.2, -0.15) is 0 Å². The Bertz CT molecular complexity index is 233. The molecule has 1 nitrogen and oxygen atoms in total. The Balaban J connectivity index is 2.30. The van der Waals surface area contributed by atoms with Gasteiger partial charge >= 0.3 is 0 Å². The number of fused-ring (bicyclic) bond motifs is 1. The Labute approximate surface area is 61.4 Å². The van der Waals surface area contributed by atoms with Gasteiger partial charge in [0.1, 0.15) is 6.10 Å². The summed E-state index contributed by atoms with van der Waals surface area (Å²) in [6.45, 7) is 6.50. The zero-order valence-corrected chi connectivity index (χ0v) is 6.64. The molecule has 54 valence electrons. The van der Waals surface area contributed by atoms with Crippen molar-refractivity contribution in [3.63, 3.8) is 0 Å². The fourth-order valence-corrected chi connectivity index (χ4v) is 1.50. The highest BCUT2D eigenvalue weighted by Crippen LogP contribution is 2.55. The van der Waals surface area contributed by atoms with Crippen molar-refractivity contribution in [2.24, 2.45) is 5.41 Å². The average Bonchev–Trinajstić information content (AvgIpc) is 2.36. The predicted octanol–water partition coefficient (Wildman–Crippen LogP) is 2.26. The summed E-state index contributed by atoms with van der Waals surface area (Å²) in [6, 6.07) is 0. The molecule has 10 heavy (non-hydrogen) atoms. The Morgan fingerprint density at radius 3 is 2.70 bits per heavy atom. The van der Waals surface area contributed by atoms with Crippen LogP contribution >= 0.6 is 0 Å². The molecule has 0 aromatic heterocycles. The first-order valence-corrected chi connectivity index (χ1v) is 3.66. The number of hydrogen-bond donors (Lipinski definition) is 0. The summed E-state index contributed by atoms with van der Waals surface area (Å²) < 4.78 is 5.45. The van der Waals surface area contributed by atoms with Gasteiger partial charge in [-0.25, -0.2) is 0 Å². The van der Waals surface area contributed by atoms with Gasteiger partial charge in [-0.3, -0.25) is 0 Å². The highest BCUT2D eigenvalue weighted by Gasteiger charge is 2.55. The van der Waals surface area contributed by atoms with Crippen molar-refractivity contribution < 1.29 is 4.74 Å². The normalized spacial score (nSPS) is 33.3. The lowest BCUT2D eigenvalue weighted by atomic mass is 10.1. The summed E-state index contributed by atoms with van der Waals surface area (Å²) in [5.41, 5.74) is 3.00. The van der Waals surface area contributed by atoms with E-state index in [9.17, 15) is 0 Å². The van der Waals surface area contributed by atoms with Crippen molar-refractivity contribution >= 4 is 0 Å². The van der Waals surface area contributed by atoms with Gasteiger partial charge < -0.3 is 4.74 Å². The molecule has 0 bridgehead atoms. The maximum atomic E-state index is 5.45. The first-order chi connectivity index (χ1) is 4.62. The molecule has 0 aromatic rings. The molecule has 1 aliphatic carbocycles. The van der Waals surface area contributed by atoms with Gasteiger partial charge in [0.15, 0.2) is 0 Å². The average molecular weight is 136 g/mol. The topological polar surface area (TPSA) is 9.23 Å². The predicted molar refractivity (Wildman–Crippen MR) is 40.5 cm³/mol. The lowest BCUT2D eigenvalue weighted by molar-refractivity contribution is 0.198. The van der Waals surface area contributed by atoms with Gasteiger partial charge in [-0.1, -0.05) is 19.9 Å². The van der Waals surface area contributed by atoms with E-state index in [1.807, 2.05) is 6.26 Å². The number of ether oxygens (including phenoxy) is 1. The van der Waals surface area contributed by atoms with E-state index in [1.165, 1.54) is 11.1 Å². The second-order valence-corrected chi connectivity index (χ2v) is 3.70. The summed E-state index contributed by atoms with van der Waals surface area (Å²) in [5, 5.41) is 0. The molecule has 0 radical (unpaired) electrons. The summed E-state index contributed by atoms with van der Waals surface area (Å²) in [5.74, 6) is 0. The Morgan fingerprint density at radius 2 is 2.20 bits per heavy atom. The first-order valence-electron chi connectivity index (χ1n) is 3.66. The van der Waals surface area contributed by atoms with E-state index >= 15 is 0 Å². The molecule has 0 aromatic carbocycles. The zero-order valence-electron chi connectivity index (χ0n) is 6.64. The Morgan fingerprint density at radius 1 is 1.50 bits per heavy atom. The van der Waals surface area contributed by atoms with E-state index in [4.69, 9.17) is 4.74 Å². The van der Waals surface area contributed by atoms with Crippen LogP contribution in [0, 0.1) is 5.41 Å². The molecule has 1 heteroatoms. The van der Waals surface area contributed by atoms with Crippen LogP contribution in [0.2, 0.25) is 0 Å². The van der Waals surface area contributed by atoms with E-state index in [0.29, 0.717) is 11.5 Å². The number of rotatable bonds is 0. The Hall–Kier alpha value is -0.720. The molecular formula is C9H12O. The van der Waals surface area contributed by atoms with Crippen molar-refractivity contribution in [1.29, 1.82) is 0 Å². The Kier molecular flexibility index (Phi) is 0.885. The maximum absolute atomic E-state index is 5.45. The minimum Gasteiger partial charge on any atom is -0.492 e. The van der Waals surface area contributed by atoms with Gasteiger partial charge in [-0.05, 0) is 18.1 Å². The quantitative estimate of drug-likeness (QED) is 0.496. The molecule has 1 saturated carbocycles. The van der Waals surface area contributed by atoms with Crippen LogP contribution in [0.15, 0.2) is 23.5 Å². The molecule has 1 atom stereocenters. The van der Waals surface area contributed by atoms with E-state index in [1.54, 1.807) is 0 Å². The van der Waals surface area contributed by atoms with Crippen LogP contribution in [0.25, 0.3) is 0 Å². The second-order valence-electron chi connectivity index (χ2n) is 3.70.